The Morgan fingerprint density at radius 2 is 2.00 bits per heavy atom. The smallest absolute Gasteiger partial charge is 0.220 e. The molecule has 3 rings (SSSR count). The van der Waals surface area contributed by atoms with Crippen molar-refractivity contribution in [3.63, 3.8) is 0 Å². The summed E-state index contributed by atoms with van der Waals surface area (Å²) in [4.78, 5) is 8.92. The van der Waals surface area contributed by atoms with Gasteiger partial charge in [0, 0.05) is 17.3 Å². The van der Waals surface area contributed by atoms with Crippen LogP contribution in [0.5, 0.6) is 5.88 Å². The van der Waals surface area contributed by atoms with Crippen LogP contribution in [0.2, 0.25) is 0 Å². The first kappa shape index (κ1) is 14.3. The summed E-state index contributed by atoms with van der Waals surface area (Å²) in [6.45, 7) is 4.11. The molecule has 0 aliphatic heterocycles. The molecule has 1 aromatic carbocycles. The zero-order valence-electron chi connectivity index (χ0n) is 13.0. The molecule has 22 heavy (non-hydrogen) atoms. The molecule has 3 aromatic rings. The largest absolute Gasteiger partial charge is 0.481 e. The lowest BCUT2D eigenvalue weighted by Crippen LogP contribution is -1.97. The fraction of sp³-hybridized carbons (Fsp3) is 0.222. The molecule has 0 saturated heterocycles. The van der Waals surface area contributed by atoms with Crippen LogP contribution >= 0.6 is 0 Å². The molecule has 0 unspecified atom stereocenters. The highest BCUT2D eigenvalue weighted by Gasteiger charge is 2.07. The van der Waals surface area contributed by atoms with Crippen LogP contribution in [-0.4, -0.2) is 17.1 Å². The summed E-state index contributed by atoms with van der Waals surface area (Å²) in [7, 11) is 1.63. The van der Waals surface area contributed by atoms with Crippen molar-refractivity contribution in [2.45, 2.75) is 20.3 Å². The quantitative estimate of drug-likeness (QED) is 0.721. The summed E-state index contributed by atoms with van der Waals surface area (Å²) >= 11 is 0. The maximum atomic E-state index is 5.68. The van der Waals surface area contributed by atoms with Gasteiger partial charge in [0.1, 0.15) is 5.52 Å². The van der Waals surface area contributed by atoms with Gasteiger partial charge in [-0.3, -0.25) is 0 Å². The van der Waals surface area contributed by atoms with Crippen molar-refractivity contribution < 1.29 is 9.15 Å². The van der Waals surface area contributed by atoms with Crippen molar-refractivity contribution in [1.82, 2.24) is 9.97 Å². The highest BCUT2D eigenvalue weighted by Crippen LogP contribution is 2.23. The third kappa shape index (κ3) is 2.72. The van der Waals surface area contributed by atoms with Gasteiger partial charge in [-0.15, -0.1) is 0 Å². The van der Waals surface area contributed by atoms with Gasteiger partial charge in [0.25, 0.3) is 0 Å². The van der Waals surface area contributed by atoms with E-state index in [4.69, 9.17) is 9.15 Å². The molecular formula is C18H18N2O2. The highest BCUT2D eigenvalue weighted by atomic mass is 16.5. The minimum atomic E-state index is 0.571. The molecule has 0 bridgehead atoms. The Labute approximate surface area is 129 Å². The van der Waals surface area contributed by atoms with Gasteiger partial charge in [0.15, 0.2) is 5.58 Å². The molecule has 2 aromatic heterocycles. The summed E-state index contributed by atoms with van der Waals surface area (Å²) in [5.74, 6) is 1.18. The topological polar surface area (TPSA) is 48.2 Å². The Bertz CT molecular complexity index is 801. The van der Waals surface area contributed by atoms with Crippen LogP contribution in [0.1, 0.15) is 29.6 Å². The fourth-order valence-electron chi connectivity index (χ4n) is 2.41. The van der Waals surface area contributed by atoms with Crippen LogP contribution in [-0.2, 0) is 6.42 Å². The molecule has 112 valence electrons. The summed E-state index contributed by atoms with van der Waals surface area (Å²) in [6, 6.07) is 9.81. The number of ether oxygens (including phenoxy) is 1. The second-order valence-corrected chi connectivity index (χ2v) is 5.04. The minimum Gasteiger partial charge on any atom is -0.481 e. The average molecular weight is 294 g/mol. The van der Waals surface area contributed by atoms with Crippen LogP contribution in [0.25, 0.3) is 23.3 Å². The number of fused-ring (bicyclic) bond motifs is 1. The number of hydrogen-bond donors (Lipinski definition) is 0. The molecule has 4 nitrogen and oxygen atoms in total. The Morgan fingerprint density at radius 1 is 1.18 bits per heavy atom. The third-order valence-electron chi connectivity index (χ3n) is 3.60. The van der Waals surface area contributed by atoms with Gasteiger partial charge in [-0.25, -0.2) is 9.97 Å². The lowest BCUT2D eigenvalue weighted by molar-refractivity contribution is 0.395. The maximum Gasteiger partial charge on any atom is 0.220 e. The van der Waals surface area contributed by atoms with Crippen LogP contribution in [0.3, 0.4) is 0 Å². The summed E-state index contributed by atoms with van der Waals surface area (Å²) in [6.07, 6.45) is 4.70. The van der Waals surface area contributed by atoms with Crippen LogP contribution in [0.15, 0.2) is 34.7 Å². The molecule has 2 heterocycles. The number of hydrogen-bond acceptors (Lipinski definition) is 4. The first-order valence-corrected chi connectivity index (χ1v) is 7.29. The van der Waals surface area contributed by atoms with E-state index in [0.29, 0.717) is 11.8 Å². The molecular weight excluding hydrogens is 276 g/mol. The molecule has 0 aliphatic rings. The van der Waals surface area contributed by atoms with E-state index in [-0.39, 0.29) is 0 Å². The van der Waals surface area contributed by atoms with Gasteiger partial charge in [-0.1, -0.05) is 19.1 Å². The van der Waals surface area contributed by atoms with E-state index in [9.17, 15) is 0 Å². The normalized spacial score (nSPS) is 11.4. The van der Waals surface area contributed by atoms with Gasteiger partial charge in [-0.05, 0) is 43.2 Å². The molecule has 0 N–H and O–H groups in total. The number of benzene rings is 1. The van der Waals surface area contributed by atoms with Crippen molar-refractivity contribution in [2.75, 3.05) is 7.11 Å². The van der Waals surface area contributed by atoms with Gasteiger partial charge in [0.2, 0.25) is 11.8 Å². The second-order valence-electron chi connectivity index (χ2n) is 5.04. The summed E-state index contributed by atoms with van der Waals surface area (Å²) in [5.41, 5.74) is 4.76. The Morgan fingerprint density at radius 3 is 2.73 bits per heavy atom. The van der Waals surface area contributed by atoms with Crippen molar-refractivity contribution in [3.8, 4) is 5.88 Å². The number of para-hydroxylation sites is 2. The molecule has 0 radical (unpaired) electrons. The number of aryl methyl sites for hydroxylation is 2. The number of nitrogens with zero attached hydrogens (tertiary/aromatic N) is 2. The van der Waals surface area contributed by atoms with Gasteiger partial charge < -0.3 is 9.15 Å². The lowest BCUT2D eigenvalue weighted by atomic mass is 10.1. The Kier molecular flexibility index (Phi) is 3.92. The molecule has 0 atom stereocenters. The van der Waals surface area contributed by atoms with Gasteiger partial charge in [-0.2, -0.15) is 0 Å². The van der Waals surface area contributed by atoms with E-state index in [2.05, 4.69) is 23.0 Å². The van der Waals surface area contributed by atoms with Crippen molar-refractivity contribution in [3.05, 3.63) is 53.0 Å². The molecule has 0 spiro atoms. The Balaban J connectivity index is 1.97. The molecule has 0 saturated carbocycles. The average Bonchev–Trinajstić information content (AvgIpc) is 2.96. The van der Waals surface area contributed by atoms with Crippen molar-refractivity contribution in [2.24, 2.45) is 0 Å². The monoisotopic (exact) mass is 294 g/mol. The second kappa shape index (κ2) is 6.02. The first-order valence-electron chi connectivity index (χ1n) is 7.29. The number of aromatic nitrogens is 2. The van der Waals surface area contributed by atoms with Crippen molar-refractivity contribution in [1.29, 1.82) is 0 Å². The van der Waals surface area contributed by atoms with Crippen LogP contribution in [0.4, 0.5) is 0 Å². The first-order chi connectivity index (χ1) is 10.7. The number of methoxy groups -OCH3 is 1. The molecule has 0 fully saturated rings. The maximum absolute atomic E-state index is 5.68. The van der Waals surface area contributed by atoms with Crippen LogP contribution in [0, 0.1) is 6.92 Å². The summed E-state index contributed by atoms with van der Waals surface area (Å²) < 4.78 is 11.0. The van der Waals surface area contributed by atoms with E-state index in [1.54, 1.807) is 7.11 Å². The van der Waals surface area contributed by atoms with Crippen molar-refractivity contribution >= 4 is 23.3 Å². The summed E-state index contributed by atoms with van der Waals surface area (Å²) in [5, 5.41) is 0. The van der Waals surface area contributed by atoms with E-state index in [0.717, 1.165) is 28.8 Å². The fourth-order valence-corrected chi connectivity index (χ4v) is 2.41. The number of pyridine rings is 1. The van der Waals surface area contributed by atoms with E-state index in [1.165, 1.54) is 5.56 Å². The third-order valence-corrected chi connectivity index (χ3v) is 3.60. The predicted octanol–water partition coefficient (Wildman–Crippen LogP) is 4.27. The predicted molar refractivity (Wildman–Crippen MR) is 87.8 cm³/mol. The molecule has 0 amide bonds. The van der Waals surface area contributed by atoms with Gasteiger partial charge in [0.05, 0.1) is 7.11 Å². The molecule has 4 heteroatoms. The standard InChI is InChI=1S/C18H18N2O2/c1-4-13-11-14(18(21-3)19-12(13)2)9-10-17-20-15-7-5-6-8-16(15)22-17/h5-11H,4H2,1-3H3/b10-9-. The lowest BCUT2D eigenvalue weighted by Gasteiger charge is -2.08. The highest BCUT2D eigenvalue weighted by molar-refractivity contribution is 5.76. The SMILES string of the molecule is CCc1cc(/C=C\c2nc3ccccc3o2)c(OC)nc1C. The number of oxazole rings is 1. The molecule has 0 aliphatic carbocycles. The van der Waals surface area contributed by atoms with E-state index in [1.807, 2.05) is 43.3 Å². The Hall–Kier alpha value is -2.62. The van der Waals surface area contributed by atoms with Gasteiger partial charge >= 0.3 is 0 Å². The number of rotatable bonds is 4. The minimum absolute atomic E-state index is 0.571. The zero-order chi connectivity index (χ0) is 15.5. The zero-order valence-corrected chi connectivity index (χ0v) is 13.0. The van der Waals surface area contributed by atoms with E-state index >= 15 is 0 Å². The van der Waals surface area contributed by atoms with E-state index < -0.39 is 0 Å². The van der Waals surface area contributed by atoms with Crippen LogP contribution < -0.4 is 4.74 Å².